The average molecular weight is 398 g/mol. The van der Waals surface area contributed by atoms with Crippen LogP contribution in [-0.4, -0.2) is 34.0 Å². The van der Waals surface area contributed by atoms with Gasteiger partial charge in [-0.2, -0.15) is 0 Å². The lowest BCUT2D eigenvalue weighted by Crippen LogP contribution is -2.37. The number of hydrogen-bond acceptors (Lipinski definition) is 3. The van der Waals surface area contributed by atoms with Crippen LogP contribution in [0.15, 0.2) is 47.3 Å². The Hall–Kier alpha value is -3.42. The molecule has 152 valence electrons. The molecule has 2 amide bonds. The van der Waals surface area contributed by atoms with Crippen LogP contribution in [0.1, 0.15) is 22.8 Å². The van der Waals surface area contributed by atoms with E-state index in [0.29, 0.717) is 17.6 Å². The predicted octanol–water partition coefficient (Wildman–Crippen LogP) is 1.82. The Morgan fingerprint density at radius 2 is 1.66 bits per heavy atom. The first kappa shape index (κ1) is 20.3. The van der Waals surface area contributed by atoms with Gasteiger partial charge in [0.25, 0.3) is 5.91 Å². The van der Waals surface area contributed by atoms with Crippen LogP contribution >= 0.6 is 0 Å². The minimum Gasteiger partial charge on any atom is -0.353 e. The van der Waals surface area contributed by atoms with Crippen LogP contribution in [0.25, 0.3) is 11.0 Å². The summed E-state index contributed by atoms with van der Waals surface area (Å²) in [4.78, 5) is 36.8. The molecule has 0 spiro atoms. The molecule has 3 rings (SSSR count). The lowest BCUT2D eigenvalue weighted by molar-refractivity contribution is -0.121. The number of amides is 2. The van der Waals surface area contributed by atoms with Crippen molar-refractivity contribution in [1.82, 2.24) is 19.8 Å². The lowest BCUT2D eigenvalue weighted by atomic mass is 10.1. The molecule has 3 aromatic rings. The topological polar surface area (TPSA) is 85.1 Å². The number of aromatic nitrogens is 2. The Morgan fingerprint density at radius 3 is 2.31 bits per heavy atom. The van der Waals surface area contributed by atoms with E-state index in [1.807, 2.05) is 25.1 Å². The van der Waals surface area contributed by atoms with Gasteiger partial charge in [0.15, 0.2) is 0 Å². The molecule has 0 bridgehead atoms. The first-order chi connectivity index (χ1) is 13.9. The highest BCUT2D eigenvalue weighted by molar-refractivity contribution is 5.94. The summed E-state index contributed by atoms with van der Waals surface area (Å²) in [5.74, 6) is -1.19. The molecule has 2 N–H and O–H groups in total. The van der Waals surface area contributed by atoms with Crippen molar-refractivity contribution in [2.75, 3.05) is 13.1 Å². The molecule has 7 nitrogen and oxygen atoms in total. The SMILES string of the molecule is CCn1c(=O)n(CC(=O)NCCNC(=O)c2ccc(C)c(F)c2)c2ccccc21. The molecule has 0 saturated carbocycles. The highest BCUT2D eigenvalue weighted by atomic mass is 19.1. The molecular weight excluding hydrogens is 375 g/mol. The number of benzene rings is 2. The second-order valence-corrected chi connectivity index (χ2v) is 6.67. The van der Waals surface area contributed by atoms with Crippen LogP contribution in [0.3, 0.4) is 0 Å². The Kier molecular flexibility index (Phi) is 6.11. The van der Waals surface area contributed by atoms with Gasteiger partial charge in [0, 0.05) is 25.2 Å². The fourth-order valence-electron chi connectivity index (χ4n) is 3.14. The van der Waals surface area contributed by atoms with Crippen molar-refractivity contribution in [1.29, 1.82) is 0 Å². The molecule has 1 heterocycles. The molecule has 0 aliphatic carbocycles. The zero-order valence-electron chi connectivity index (χ0n) is 16.4. The van der Waals surface area contributed by atoms with E-state index in [1.54, 1.807) is 23.6 Å². The van der Waals surface area contributed by atoms with E-state index in [-0.39, 0.29) is 36.8 Å². The van der Waals surface area contributed by atoms with E-state index in [4.69, 9.17) is 0 Å². The third kappa shape index (κ3) is 4.37. The Bertz CT molecular complexity index is 1120. The van der Waals surface area contributed by atoms with Crippen molar-refractivity contribution in [3.8, 4) is 0 Å². The molecular formula is C21H23FN4O3. The summed E-state index contributed by atoms with van der Waals surface area (Å²) in [5.41, 5.74) is 1.93. The Morgan fingerprint density at radius 1 is 1.00 bits per heavy atom. The number of rotatable bonds is 7. The maximum atomic E-state index is 13.5. The zero-order valence-corrected chi connectivity index (χ0v) is 16.4. The van der Waals surface area contributed by atoms with Crippen molar-refractivity contribution < 1.29 is 14.0 Å². The second kappa shape index (κ2) is 8.72. The fraction of sp³-hybridized carbons (Fsp3) is 0.286. The van der Waals surface area contributed by atoms with Gasteiger partial charge in [-0.05, 0) is 43.7 Å². The summed E-state index contributed by atoms with van der Waals surface area (Å²) in [6, 6.07) is 11.6. The van der Waals surface area contributed by atoms with Gasteiger partial charge in [0.05, 0.1) is 11.0 Å². The van der Waals surface area contributed by atoms with Gasteiger partial charge in [-0.3, -0.25) is 18.7 Å². The van der Waals surface area contributed by atoms with E-state index in [1.165, 1.54) is 16.7 Å². The number of halogens is 1. The van der Waals surface area contributed by atoms with Crippen LogP contribution in [0, 0.1) is 12.7 Å². The summed E-state index contributed by atoms with van der Waals surface area (Å²) >= 11 is 0. The normalized spacial score (nSPS) is 10.9. The van der Waals surface area contributed by atoms with Gasteiger partial charge in [-0.15, -0.1) is 0 Å². The second-order valence-electron chi connectivity index (χ2n) is 6.67. The molecule has 0 aliphatic heterocycles. The van der Waals surface area contributed by atoms with Crippen LogP contribution in [0.2, 0.25) is 0 Å². The molecule has 0 fully saturated rings. The molecule has 0 atom stereocenters. The number of aryl methyl sites for hydroxylation is 2. The number of imidazole rings is 1. The summed E-state index contributed by atoms with van der Waals surface area (Å²) < 4.78 is 16.6. The van der Waals surface area contributed by atoms with Crippen LogP contribution in [0.4, 0.5) is 4.39 Å². The third-order valence-electron chi connectivity index (χ3n) is 4.71. The fourth-order valence-corrected chi connectivity index (χ4v) is 3.14. The van der Waals surface area contributed by atoms with Crippen molar-refractivity contribution in [2.45, 2.75) is 26.9 Å². The van der Waals surface area contributed by atoms with Crippen molar-refractivity contribution in [3.05, 3.63) is 69.9 Å². The monoisotopic (exact) mass is 398 g/mol. The molecule has 8 heteroatoms. The van der Waals surface area contributed by atoms with E-state index in [0.717, 1.165) is 5.52 Å². The van der Waals surface area contributed by atoms with Gasteiger partial charge in [0.1, 0.15) is 12.4 Å². The van der Waals surface area contributed by atoms with Gasteiger partial charge < -0.3 is 10.6 Å². The molecule has 1 aromatic heterocycles. The van der Waals surface area contributed by atoms with Crippen molar-refractivity contribution >= 4 is 22.8 Å². The summed E-state index contributed by atoms with van der Waals surface area (Å²) in [6.07, 6.45) is 0. The molecule has 2 aromatic carbocycles. The van der Waals surface area contributed by atoms with Crippen LogP contribution in [-0.2, 0) is 17.9 Å². The number of carbonyl (C=O) groups is 2. The largest absolute Gasteiger partial charge is 0.353 e. The number of carbonyl (C=O) groups excluding carboxylic acids is 2. The average Bonchev–Trinajstić information content (AvgIpc) is 2.98. The number of fused-ring (bicyclic) bond motifs is 1. The maximum Gasteiger partial charge on any atom is 0.329 e. The number of para-hydroxylation sites is 2. The summed E-state index contributed by atoms with van der Waals surface area (Å²) in [6.45, 7) is 4.28. The minimum atomic E-state index is -0.442. The highest BCUT2D eigenvalue weighted by Crippen LogP contribution is 2.12. The van der Waals surface area contributed by atoms with E-state index >= 15 is 0 Å². The quantitative estimate of drug-likeness (QED) is 0.596. The van der Waals surface area contributed by atoms with E-state index in [2.05, 4.69) is 10.6 Å². The first-order valence-electron chi connectivity index (χ1n) is 9.41. The first-order valence-corrected chi connectivity index (χ1v) is 9.41. The summed E-state index contributed by atoms with van der Waals surface area (Å²) in [5, 5.41) is 5.31. The standard InChI is InChI=1S/C21H23FN4O3/c1-3-25-17-6-4-5-7-18(17)26(21(25)29)13-19(27)23-10-11-24-20(28)15-9-8-14(2)16(22)12-15/h4-9,12H,3,10-11,13H2,1-2H3,(H,23,27)(H,24,28). The van der Waals surface area contributed by atoms with Gasteiger partial charge in [-0.1, -0.05) is 18.2 Å². The molecule has 0 saturated heterocycles. The highest BCUT2D eigenvalue weighted by Gasteiger charge is 2.14. The number of nitrogens with one attached hydrogen (secondary N) is 2. The lowest BCUT2D eigenvalue weighted by Gasteiger charge is -2.08. The van der Waals surface area contributed by atoms with Crippen molar-refractivity contribution in [2.24, 2.45) is 0 Å². The maximum absolute atomic E-state index is 13.5. The molecule has 0 aliphatic rings. The molecule has 0 radical (unpaired) electrons. The minimum absolute atomic E-state index is 0.108. The number of nitrogens with zero attached hydrogens (tertiary/aromatic N) is 2. The van der Waals surface area contributed by atoms with Crippen LogP contribution in [0.5, 0.6) is 0 Å². The molecule has 29 heavy (non-hydrogen) atoms. The van der Waals surface area contributed by atoms with Gasteiger partial charge in [0.2, 0.25) is 5.91 Å². The van der Waals surface area contributed by atoms with E-state index < -0.39 is 11.7 Å². The smallest absolute Gasteiger partial charge is 0.329 e. The Balaban J connectivity index is 1.55. The zero-order chi connectivity index (χ0) is 21.0. The Labute approximate surface area is 167 Å². The van der Waals surface area contributed by atoms with Crippen molar-refractivity contribution in [3.63, 3.8) is 0 Å². The summed E-state index contributed by atoms with van der Waals surface area (Å²) in [7, 11) is 0. The van der Waals surface area contributed by atoms with Gasteiger partial charge >= 0.3 is 5.69 Å². The van der Waals surface area contributed by atoms with E-state index in [9.17, 15) is 18.8 Å². The molecule has 0 unspecified atom stereocenters. The third-order valence-corrected chi connectivity index (χ3v) is 4.71. The number of hydrogen-bond donors (Lipinski definition) is 2. The predicted molar refractivity (Wildman–Crippen MR) is 108 cm³/mol. The van der Waals surface area contributed by atoms with Crippen LogP contribution < -0.4 is 16.3 Å². The van der Waals surface area contributed by atoms with Gasteiger partial charge in [-0.25, -0.2) is 9.18 Å².